The summed E-state index contributed by atoms with van der Waals surface area (Å²) >= 11 is 0. The van der Waals surface area contributed by atoms with Crippen molar-refractivity contribution < 1.29 is 10.2 Å². The molecular weight excluding hydrogens is 406 g/mol. The van der Waals surface area contributed by atoms with Crippen molar-refractivity contribution in [3.05, 3.63) is 59.2 Å². The highest BCUT2D eigenvalue weighted by atomic mass is 16.3. The van der Waals surface area contributed by atoms with Crippen LogP contribution in [0, 0.1) is 24.7 Å². The first-order valence-corrected chi connectivity index (χ1v) is 13.3. The molecule has 0 amide bonds. The molecule has 3 heteroatoms. The number of aliphatic hydroxyl groups is 2. The molecule has 1 saturated carbocycles. The van der Waals surface area contributed by atoms with Crippen molar-refractivity contribution in [2.45, 2.75) is 104 Å². The van der Waals surface area contributed by atoms with Gasteiger partial charge < -0.3 is 10.2 Å². The fourth-order valence-electron chi connectivity index (χ4n) is 6.13. The predicted molar refractivity (Wildman–Crippen MR) is 139 cm³/mol. The van der Waals surface area contributed by atoms with Crippen LogP contribution in [-0.2, 0) is 6.42 Å². The van der Waals surface area contributed by atoms with Crippen LogP contribution in [0.4, 0.5) is 0 Å². The molecule has 2 aliphatic carbocycles. The second-order valence-electron chi connectivity index (χ2n) is 11.1. The van der Waals surface area contributed by atoms with Crippen LogP contribution in [0.5, 0.6) is 0 Å². The number of unbranched alkanes of at least 4 members (excludes halogenated alkanes) is 2. The summed E-state index contributed by atoms with van der Waals surface area (Å²) in [6, 6.07) is 9.57. The van der Waals surface area contributed by atoms with Crippen LogP contribution in [0.2, 0.25) is 0 Å². The minimum Gasteiger partial charge on any atom is -0.392 e. The van der Waals surface area contributed by atoms with E-state index in [1.807, 2.05) is 12.1 Å². The Morgan fingerprint density at radius 1 is 1.09 bits per heavy atom. The number of allylic oxidation sites excluding steroid dienone is 2. The summed E-state index contributed by atoms with van der Waals surface area (Å²) in [5.74, 6) is 1.19. The average molecular weight is 454 g/mol. The van der Waals surface area contributed by atoms with Crippen molar-refractivity contribution in [1.82, 2.24) is 4.90 Å². The van der Waals surface area contributed by atoms with Gasteiger partial charge in [-0.25, -0.2) is 0 Å². The van der Waals surface area contributed by atoms with Crippen LogP contribution in [0.1, 0.15) is 77.3 Å². The SMILES string of the molecule is Cc1cccc(C[C@@H](O)C=C[C@@H]2[C@H]3CC(CCCCCN(C(C)C)C(C)C)=C[C@H]3C[C@H]2O)c1. The van der Waals surface area contributed by atoms with Gasteiger partial charge in [0.1, 0.15) is 0 Å². The minimum atomic E-state index is -0.497. The molecule has 3 nitrogen and oxygen atoms in total. The van der Waals surface area contributed by atoms with E-state index in [4.69, 9.17) is 0 Å². The van der Waals surface area contributed by atoms with E-state index in [1.165, 1.54) is 37.8 Å². The number of rotatable bonds is 12. The Balaban J connectivity index is 1.43. The van der Waals surface area contributed by atoms with Crippen molar-refractivity contribution in [2.75, 3.05) is 6.54 Å². The average Bonchev–Trinajstić information content (AvgIpc) is 3.24. The fourth-order valence-corrected chi connectivity index (χ4v) is 6.13. The van der Waals surface area contributed by atoms with Gasteiger partial charge in [0.2, 0.25) is 0 Å². The molecule has 0 radical (unpaired) electrons. The van der Waals surface area contributed by atoms with Crippen molar-refractivity contribution in [2.24, 2.45) is 17.8 Å². The number of hydrogen-bond donors (Lipinski definition) is 2. The van der Waals surface area contributed by atoms with Crippen LogP contribution in [0.3, 0.4) is 0 Å². The standard InChI is InChI=1S/C30H47NO2/c1-21(2)31(22(3)4)15-8-6-7-11-25-17-26-20-30(33)28(29(26)19-25)14-13-27(32)18-24-12-9-10-23(5)16-24/h9-10,12-14,16-17,21-22,26-30,32-33H,6-8,11,15,18-20H2,1-5H3/t26-,27-,28+,29-,30+/m0/s1. The van der Waals surface area contributed by atoms with E-state index in [0.29, 0.717) is 30.3 Å². The van der Waals surface area contributed by atoms with Gasteiger partial charge in [0, 0.05) is 24.4 Å². The Labute approximate surface area is 202 Å². The maximum absolute atomic E-state index is 10.6. The quantitative estimate of drug-likeness (QED) is 0.298. The molecule has 0 aliphatic heterocycles. The first-order chi connectivity index (χ1) is 15.7. The van der Waals surface area contributed by atoms with Gasteiger partial charge in [-0.05, 0) is 90.7 Å². The monoisotopic (exact) mass is 453 g/mol. The number of fused-ring (bicyclic) bond motifs is 1. The van der Waals surface area contributed by atoms with Gasteiger partial charge in [-0.15, -0.1) is 0 Å². The lowest BCUT2D eigenvalue weighted by Crippen LogP contribution is -2.37. The highest BCUT2D eigenvalue weighted by Crippen LogP contribution is 2.48. The van der Waals surface area contributed by atoms with Gasteiger partial charge >= 0.3 is 0 Å². The molecule has 0 unspecified atom stereocenters. The molecule has 0 spiro atoms. The van der Waals surface area contributed by atoms with Gasteiger partial charge in [-0.3, -0.25) is 4.90 Å². The molecule has 1 aromatic carbocycles. The topological polar surface area (TPSA) is 43.7 Å². The van der Waals surface area contributed by atoms with Crippen molar-refractivity contribution in [3.8, 4) is 0 Å². The Morgan fingerprint density at radius 3 is 2.55 bits per heavy atom. The van der Waals surface area contributed by atoms with Gasteiger partial charge in [-0.1, -0.05) is 60.1 Å². The molecule has 1 aromatic rings. The maximum Gasteiger partial charge on any atom is 0.0761 e. The molecular formula is C30H47NO2. The van der Waals surface area contributed by atoms with E-state index in [-0.39, 0.29) is 12.0 Å². The first kappa shape index (κ1) is 26.2. The van der Waals surface area contributed by atoms with E-state index in [2.05, 4.69) is 69.9 Å². The molecule has 33 heavy (non-hydrogen) atoms. The molecule has 5 atom stereocenters. The fraction of sp³-hybridized carbons (Fsp3) is 0.667. The van der Waals surface area contributed by atoms with Crippen molar-refractivity contribution in [1.29, 1.82) is 0 Å². The summed E-state index contributed by atoms with van der Waals surface area (Å²) in [5, 5.41) is 21.2. The van der Waals surface area contributed by atoms with Crippen molar-refractivity contribution in [3.63, 3.8) is 0 Å². The Hall–Kier alpha value is -1.42. The molecule has 2 aliphatic rings. The van der Waals surface area contributed by atoms with Crippen LogP contribution in [0.25, 0.3) is 0 Å². The summed E-state index contributed by atoms with van der Waals surface area (Å²) < 4.78 is 0. The molecule has 0 bridgehead atoms. The molecule has 0 heterocycles. The van der Waals surface area contributed by atoms with E-state index in [0.717, 1.165) is 18.4 Å². The number of aliphatic hydroxyl groups excluding tert-OH is 2. The first-order valence-electron chi connectivity index (χ1n) is 13.3. The number of benzene rings is 1. The second-order valence-corrected chi connectivity index (χ2v) is 11.1. The third kappa shape index (κ3) is 7.53. The Kier molecular flexibility index (Phi) is 9.79. The summed E-state index contributed by atoms with van der Waals surface area (Å²) in [6.45, 7) is 12.5. The lowest BCUT2D eigenvalue weighted by Gasteiger charge is -2.30. The van der Waals surface area contributed by atoms with E-state index < -0.39 is 6.10 Å². The zero-order chi connectivity index (χ0) is 24.0. The Morgan fingerprint density at radius 2 is 1.85 bits per heavy atom. The highest BCUT2D eigenvalue weighted by Gasteiger charge is 2.43. The summed E-state index contributed by atoms with van der Waals surface area (Å²) in [6.07, 6.45) is 13.4. The second kappa shape index (κ2) is 12.3. The zero-order valence-electron chi connectivity index (χ0n) is 21.6. The molecule has 0 aromatic heterocycles. The largest absolute Gasteiger partial charge is 0.392 e. The zero-order valence-corrected chi connectivity index (χ0v) is 21.6. The normalized spacial score (nSPS) is 26.1. The van der Waals surface area contributed by atoms with E-state index in [1.54, 1.807) is 5.57 Å². The highest BCUT2D eigenvalue weighted by molar-refractivity contribution is 5.24. The third-order valence-corrected chi connectivity index (χ3v) is 7.77. The van der Waals surface area contributed by atoms with E-state index >= 15 is 0 Å². The van der Waals surface area contributed by atoms with Crippen molar-refractivity contribution >= 4 is 0 Å². The lowest BCUT2D eigenvalue weighted by molar-refractivity contribution is 0.140. The smallest absolute Gasteiger partial charge is 0.0761 e. The number of nitrogens with zero attached hydrogens (tertiary/aromatic N) is 1. The van der Waals surface area contributed by atoms with Crippen LogP contribution >= 0.6 is 0 Å². The third-order valence-electron chi connectivity index (χ3n) is 7.77. The van der Waals surface area contributed by atoms with Crippen LogP contribution < -0.4 is 0 Å². The molecule has 2 N–H and O–H groups in total. The van der Waals surface area contributed by atoms with Gasteiger partial charge in [0.25, 0.3) is 0 Å². The predicted octanol–water partition coefficient (Wildman–Crippen LogP) is 6.08. The molecule has 3 rings (SSSR count). The summed E-state index contributed by atoms with van der Waals surface area (Å²) in [5.41, 5.74) is 3.98. The molecule has 1 fully saturated rings. The lowest BCUT2D eigenvalue weighted by atomic mass is 9.88. The van der Waals surface area contributed by atoms with Crippen LogP contribution in [-0.4, -0.2) is 45.9 Å². The summed E-state index contributed by atoms with van der Waals surface area (Å²) in [7, 11) is 0. The minimum absolute atomic E-state index is 0.168. The molecule has 0 saturated heterocycles. The summed E-state index contributed by atoms with van der Waals surface area (Å²) in [4.78, 5) is 2.59. The molecule has 184 valence electrons. The van der Waals surface area contributed by atoms with Gasteiger partial charge in [-0.2, -0.15) is 0 Å². The number of hydrogen-bond acceptors (Lipinski definition) is 3. The Bertz CT molecular complexity index is 788. The maximum atomic E-state index is 10.6. The van der Waals surface area contributed by atoms with Crippen LogP contribution in [0.15, 0.2) is 48.1 Å². The van der Waals surface area contributed by atoms with E-state index in [9.17, 15) is 10.2 Å². The number of aryl methyl sites for hydroxylation is 1. The van der Waals surface area contributed by atoms with Gasteiger partial charge in [0.15, 0.2) is 0 Å². The van der Waals surface area contributed by atoms with Gasteiger partial charge in [0.05, 0.1) is 12.2 Å².